The predicted molar refractivity (Wildman–Crippen MR) is 75.3 cm³/mol. The highest BCUT2D eigenvalue weighted by Crippen LogP contribution is 2.37. The molecule has 0 bridgehead atoms. The average molecular weight is 245 g/mol. The quantitative estimate of drug-likeness (QED) is 0.829. The van der Waals surface area contributed by atoms with Crippen molar-refractivity contribution in [3.63, 3.8) is 0 Å². The summed E-state index contributed by atoms with van der Waals surface area (Å²) in [5.41, 5.74) is 6.44. The standard InChI is InChI=1S/C15H19NS/c16-15(11-6-2-1-3-7-11)14-10-12-8-4-5-9-13(12)17-14/h4-5,8-11,15H,1-3,6-7,16H2. The highest BCUT2D eigenvalue weighted by Gasteiger charge is 2.23. The van der Waals surface area contributed by atoms with Gasteiger partial charge >= 0.3 is 0 Å². The van der Waals surface area contributed by atoms with E-state index < -0.39 is 0 Å². The Bertz CT molecular complexity index is 463. The van der Waals surface area contributed by atoms with Crippen molar-refractivity contribution in [1.29, 1.82) is 0 Å². The van der Waals surface area contributed by atoms with Gasteiger partial charge in [0.2, 0.25) is 0 Å². The topological polar surface area (TPSA) is 26.0 Å². The van der Waals surface area contributed by atoms with E-state index >= 15 is 0 Å². The van der Waals surface area contributed by atoms with E-state index in [1.54, 1.807) is 0 Å². The van der Waals surface area contributed by atoms with Crippen molar-refractivity contribution in [1.82, 2.24) is 0 Å². The zero-order valence-electron chi connectivity index (χ0n) is 10.1. The molecule has 3 rings (SSSR count). The Hall–Kier alpha value is -0.860. The molecule has 1 nitrogen and oxygen atoms in total. The van der Waals surface area contributed by atoms with Crippen molar-refractivity contribution >= 4 is 21.4 Å². The SMILES string of the molecule is NC(c1cc2ccccc2s1)C1CCCCC1. The molecule has 17 heavy (non-hydrogen) atoms. The van der Waals surface area contributed by atoms with Gasteiger partial charge in [-0.15, -0.1) is 11.3 Å². The fourth-order valence-corrected chi connectivity index (χ4v) is 4.05. The van der Waals surface area contributed by atoms with Crippen LogP contribution in [0.3, 0.4) is 0 Å². The molecule has 2 aromatic rings. The van der Waals surface area contributed by atoms with Gasteiger partial charge in [0, 0.05) is 15.6 Å². The van der Waals surface area contributed by atoms with Crippen LogP contribution in [0.25, 0.3) is 10.1 Å². The summed E-state index contributed by atoms with van der Waals surface area (Å²) in [7, 11) is 0. The highest BCUT2D eigenvalue weighted by atomic mass is 32.1. The molecule has 2 N–H and O–H groups in total. The molecule has 1 heterocycles. The molecule has 0 spiro atoms. The zero-order chi connectivity index (χ0) is 11.7. The lowest BCUT2D eigenvalue weighted by Gasteiger charge is -2.26. The second-order valence-corrected chi connectivity index (χ2v) is 6.23. The lowest BCUT2D eigenvalue weighted by molar-refractivity contribution is 0.311. The minimum Gasteiger partial charge on any atom is -0.323 e. The Labute approximate surface area is 107 Å². The van der Waals surface area contributed by atoms with Crippen molar-refractivity contribution in [3.8, 4) is 0 Å². The Morgan fingerprint density at radius 1 is 1.12 bits per heavy atom. The van der Waals surface area contributed by atoms with E-state index in [0.29, 0.717) is 5.92 Å². The predicted octanol–water partition coefficient (Wildman–Crippen LogP) is 4.48. The third kappa shape index (κ3) is 2.24. The van der Waals surface area contributed by atoms with Gasteiger partial charge in [-0.05, 0) is 36.3 Å². The van der Waals surface area contributed by atoms with E-state index in [-0.39, 0.29) is 6.04 Å². The van der Waals surface area contributed by atoms with Crippen LogP contribution in [0.4, 0.5) is 0 Å². The third-order valence-corrected chi connectivity index (χ3v) is 5.15. The molecule has 1 aliphatic rings. The highest BCUT2D eigenvalue weighted by molar-refractivity contribution is 7.19. The van der Waals surface area contributed by atoms with Crippen LogP contribution in [0.5, 0.6) is 0 Å². The Balaban J connectivity index is 1.86. The first-order chi connectivity index (χ1) is 8.34. The summed E-state index contributed by atoms with van der Waals surface area (Å²) in [5, 5.41) is 1.35. The number of benzene rings is 1. The van der Waals surface area contributed by atoms with Crippen molar-refractivity contribution in [2.75, 3.05) is 0 Å². The van der Waals surface area contributed by atoms with E-state index in [0.717, 1.165) is 0 Å². The number of hydrogen-bond donors (Lipinski definition) is 1. The van der Waals surface area contributed by atoms with Crippen LogP contribution in [0, 0.1) is 5.92 Å². The molecule has 1 unspecified atom stereocenters. The van der Waals surface area contributed by atoms with Gasteiger partial charge in [0.05, 0.1) is 0 Å². The van der Waals surface area contributed by atoms with Crippen molar-refractivity contribution in [2.24, 2.45) is 11.7 Å². The molecular weight excluding hydrogens is 226 g/mol. The summed E-state index contributed by atoms with van der Waals surface area (Å²) in [6.45, 7) is 0. The first-order valence-corrected chi connectivity index (χ1v) is 7.40. The first kappa shape index (κ1) is 11.2. The van der Waals surface area contributed by atoms with Crippen LogP contribution in [0.15, 0.2) is 30.3 Å². The minimum absolute atomic E-state index is 0.257. The summed E-state index contributed by atoms with van der Waals surface area (Å²) in [4.78, 5) is 1.37. The van der Waals surface area contributed by atoms with Crippen molar-refractivity contribution in [2.45, 2.75) is 38.1 Å². The molecule has 90 valence electrons. The summed E-state index contributed by atoms with van der Waals surface area (Å²) in [6, 6.07) is 11.1. The summed E-state index contributed by atoms with van der Waals surface area (Å²) in [5.74, 6) is 0.705. The Kier molecular flexibility index (Phi) is 3.17. The lowest BCUT2D eigenvalue weighted by Crippen LogP contribution is -2.22. The second kappa shape index (κ2) is 4.79. The number of thiophene rings is 1. The molecule has 0 amide bonds. The van der Waals surface area contributed by atoms with Crippen LogP contribution in [0.2, 0.25) is 0 Å². The summed E-state index contributed by atoms with van der Waals surface area (Å²) >= 11 is 1.87. The van der Waals surface area contributed by atoms with E-state index in [4.69, 9.17) is 5.73 Å². The van der Waals surface area contributed by atoms with Crippen molar-refractivity contribution in [3.05, 3.63) is 35.2 Å². The van der Waals surface area contributed by atoms with Gasteiger partial charge in [0.15, 0.2) is 0 Å². The Morgan fingerprint density at radius 3 is 2.65 bits per heavy atom. The van der Waals surface area contributed by atoms with Crippen molar-refractivity contribution < 1.29 is 0 Å². The smallest absolute Gasteiger partial charge is 0.0418 e. The maximum Gasteiger partial charge on any atom is 0.0418 e. The molecule has 2 heteroatoms. The monoisotopic (exact) mass is 245 g/mol. The number of rotatable bonds is 2. The van der Waals surface area contributed by atoms with Gasteiger partial charge in [-0.1, -0.05) is 37.5 Å². The number of nitrogens with two attached hydrogens (primary N) is 1. The van der Waals surface area contributed by atoms with Gasteiger partial charge in [0.1, 0.15) is 0 Å². The normalized spacial score (nSPS) is 19.6. The molecule has 1 saturated carbocycles. The largest absolute Gasteiger partial charge is 0.323 e. The maximum absolute atomic E-state index is 6.44. The van der Waals surface area contributed by atoms with E-state index in [1.165, 1.54) is 47.1 Å². The van der Waals surface area contributed by atoms with Gasteiger partial charge in [-0.3, -0.25) is 0 Å². The second-order valence-electron chi connectivity index (χ2n) is 5.11. The molecule has 0 saturated heterocycles. The van der Waals surface area contributed by atoms with Crippen LogP contribution in [0.1, 0.15) is 43.0 Å². The van der Waals surface area contributed by atoms with Gasteiger partial charge in [-0.25, -0.2) is 0 Å². The molecular formula is C15H19NS. The number of hydrogen-bond acceptors (Lipinski definition) is 2. The number of fused-ring (bicyclic) bond motifs is 1. The van der Waals surface area contributed by atoms with Gasteiger partial charge < -0.3 is 5.73 Å². The summed E-state index contributed by atoms with van der Waals surface area (Å²) < 4.78 is 1.37. The van der Waals surface area contributed by atoms with E-state index in [1.807, 2.05) is 11.3 Å². The molecule has 1 fully saturated rings. The zero-order valence-corrected chi connectivity index (χ0v) is 10.9. The van der Waals surface area contributed by atoms with E-state index in [9.17, 15) is 0 Å². The fraction of sp³-hybridized carbons (Fsp3) is 0.467. The van der Waals surface area contributed by atoms with Gasteiger partial charge in [-0.2, -0.15) is 0 Å². The third-order valence-electron chi connectivity index (χ3n) is 3.93. The summed E-state index contributed by atoms with van der Waals surface area (Å²) in [6.07, 6.45) is 6.76. The Morgan fingerprint density at radius 2 is 1.88 bits per heavy atom. The maximum atomic E-state index is 6.44. The fourth-order valence-electron chi connectivity index (χ4n) is 2.89. The van der Waals surface area contributed by atoms with Crippen LogP contribution in [-0.2, 0) is 0 Å². The van der Waals surface area contributed by atoms with E-state index in [2.05, 4.69) is 30.3 Å². The van der Waals surface area contributed by atoms with Crippen LogP contribution in [-0.4, -0.2) is 0 Å². The molecule has 1 aliphatic carbocycles. The minimum atomic E-state index is 0.257. The van der Waals surface area contributed by atoms with Crippen LogP contribution >= 0.6 is 11.3 Å². The molecule has 0 radical (unpaired) electrons. The molecule has 1 aromatic heterocycles. The average Bonchev–Trinajstić information content (AvgIpc) is 2.82. The van der Waals surface area contributed by atoms with Crippen LogP contribution < -0.4 is 5.73 Å². The molecule has 0 aliphatic heterocycles. The lowest BCUT2D eigenvalue weighted by atomic mass is 9.84. The molecule has 1 atom stereocenters. The first-order valence-electron chi connectivity index (χ1n) is 6.58. The van der Waals surface area contributed by atoms with Gasteiger partial charge in [0.25, 0.3) is 0 Å². The molecule has 1 aromatic carbocycles.